The summed E-state index contributed by atoms with van der Waals surface area (Å²) in [4.78, 5) is 8.89. The van der Waals surface area contributed by atoms with Gasteiger partial charge in [-0.2, -0.15) is 17.0 Å². The number of nitrogens with zero attached hydrogens (tertiary/aromatic N) is 5. The van der Waals surface area contributed by atoms with Crippen LogP contribution in [0.3, 0.4) is 0 Å². The van der Waals surface area contributed by atoms with E-state index in [0.717, 1.165) is 42.0 Å². The number of hydrogen-bond donors (Lipinski definition) is 0. The highest BCUT2D eigenvalue weighted by molar-refractivity contribution is 7.86. The Labute approximate surface area is 155 Å². The summed E-state index contributed by atoms with van der Waals surface area (Å²) in [5.74, 6) is 1.28. The molecule has 0 amide bonds. The number of rotatable bonds is 5. The van der Waals surface area contributed by atoms with Gasteiger partial charge in [-0.15, -0.1) is 0 Å². The summed E-state index contributed by atoms with van der Waals surface area (Å²) in [6.45, 7) is 3.14. The fourth-order valence-electron chi connectivity index (χ4n) is 3.40. The van der Waals surface area contributed by atoms with Gasteiger partial charge in [0, 0.05) is 40.4 Å². The molecule has 1 aliphatic rings. The van der Waals surface area contributed by atoms with E-state index >= 15 is 0 Å². The molecule has 1 fully saturated rings. The monoisotopic (exact) mass is 377 g/mol. The van der Waals surface area contributed by atoms with Gasteiger partial charge in [0.1, 0.15) is 5.82 Å². The van der Waals surface area contributed by atoms with E-state index in [-0.39, 0.29) is 0 Å². The van der Waals surface area contributed by atoms with Gasteiger partial charge in [-0.3, -0.25) is 4.98 Å². The minimum atomic E-state index is -3.33. The first-order valence-corrected chi connectivity index (χ1v) is 10.3. The smallest absolute Gasteiger partial charge is 0.281 e. The molecule has 1 atom stereocenters. The lowest BCUT2D eigenvalue weighted by Gasteiger charge is -2.33. The van der Waals surface area contributed by atoms with E-state index in [2.05, 4.69) is 16.0 Å². The number of piperidine rings is 1. The summed E-state index contributed by atoms with van der Waals surface area (Å²) in [5, 5.41) is 0. The second-order valence-corrected chi connectivity index (χ2v) is 9.30. The molecule has 3 heterocycles. The maximum absolute atomic E-state index is 12.4. The van der Waals surface area contributed by atoms with Crippen LogP contribution in [0, 0.1) is 12.8 Å². The largest absolute Gasteiger partial charge is 0.330 e. The highest BCUT2D eigenvalue weighted by atomic mass is 32.2. The molecule has 8 heteroatoms. The highest BCUT2D eigenvalue weighted by Crippen LogP contribution is 2.24. The average Bonchev–Trinajstić information content (AvgIpc) is 2.95. The Balaban J connectivity index is 1.68. The van der Waals surface area contributed by atoms with Crippen LogP contribution >= 0.6 is 0 Å². The van der Waals surface area contributed by atoms with Gasteiger partial charge >= 0.3 is 0 Å². The van der Waals surface area contributed by atoms with Gasteiger partial charge in [-0.1, -0.05) is 6.07 Å². The SMILES string of the molecule is Cc1ncc(-c2ccc(C[C@H]3CCCN(S(=O)(=O)N(C)C)C3)cn2)n1C. The minimum absolute atomic E-state index is 0.324. The molecule has 1 aliphatic heterocycles. The van der Waals surface area contributed by atoms with Crippen molar-refractivity contribution < 1.29 is 8.42 Å². The third-order valence-electron chi connectivity index (χ3n) is 5.10. The quantitative estimate of drug-likeness (QED) is 0.797. The fourth-order valence-corrected chi connectivity index (χ4v) is 4.63. The zero-order valence-corrected chi connectivity index (χ0v) is 16.7. The third kappa shape index (κ3) is 3.82. The highest BCUT2D eigenvalue weighted by Gasteiger charge is 2.30. The lowest BCUT2D eigenvalue weighted by Crippen LogP contribution is -2.45. The number of pyridine rings is 1. The average molecular weight is 378 g/mol. The number of aryl methyl sites for hydroxylation is 1. The Hall–Kier alpha value is -1.77. The van der Waals surface area contributed by atoms with Crippen LogP contribution in [-0.2, 0) is 23.7 Å². The van der Waals surface area contributed by atoms with Crippen molar-refractivity contribution in [1.29, 1.82) is 0 Å². The first kappa shape index (κ1) is 19.0. The predicted octanol–water partition coefficient (Wildman–Crippen LogP) is 1.85. The Morgan fingerprint density at radius 3 is 2.58 bits per heavy atom. The summed E-state index contributed by atoms with van der Waals surface area (Å²) in [6, 6.07) is 4.10. The number of imidazole rings is 1. The topological polar surface area (TPSA) is 71.3 Å². The van der Waals surface area contributed by atoms with E-state index in [1.165, 1.54) is 4.31 Å². The molecule has 26 heavy (non-hydrogen) atoms. The van der Waals surface area contributed by atoms with Crippen molar-refractivity contribution in [2.24, 2.45) is 13.0 Å². The molecule has 0 radical (unpaired) electrons. The van der Waals surface area contributed by atoms with Gasteiger partial charge in [0.25, 0.3) is 10.2 Å². The van der Waals surface area contributed by atoms with Gasteiger partial charge < -0.3 is 4.57 Å². The molecular weight excluding hydrogens is 350 g/mol. The summed E-state index contributed by atoms with van der Waals surface area (Å²) in [5.41, 5.74) is 3.04. The lowest BCUT2D eigenvalue weighted by molar-refractivity contribution is 0.254. The van der Waals surface area contributed by atoms with E-state index in [1.54, 1.807) is 18.4 Å². The lowest BCUT2D eigenvalue weighted by atomic mass is 9.93. The van der Waals surface area contributed by atoms with Crippen LogP contribution in [-0.4, -0.2) is 58.7 Å². The van der Waals surface area contributed by atoms with Gasteiger partial charge in [-0.05, 0) is 43.7 Å². The molecule has 1 saturated heterocycles. The molecule has 2 aromatic heterocycles. The third-order valence-corrected chi connectivity index (χ3v) is 7.01. The van der Waals surface area contributed by atoms with E-state index < -0.39 is 10.2 Å². The molecule has 3 rings (SSSR count). The Morgan fingerprint density at radius 2 is 2.00 bits per heavy atom. The second kappa shape index (κ2) is 7.46. The van der Waals surface area contributed by atoms with Crippen molar-refractivity contribution in [2.45, 2.75) is 26.2 Å². The van der Waals surface area contributed by atoms with Crippen molar-refractivity contribution in [3.05, 3.63) is 35.9 Å². The van der Waals surface area contributed by atoms with Crippen LogP contribution < -0.4 is 0 Å². The molecule has 0 aliphatic carbocycles. The van der Waals surface area contributed by atoms with Crippen molar-refractivity contribution in [1.82, 2.24) is 23.1 Å². The van der Waals surface area contributed by atoms with Crippen LogP contribution in [0.1, 0.15) is 24.2 Å². The molecule has 0 spiro atoms. The molecule has 0 N–H and O–H groups in total. The van der Waals surface area contributed by atoms with Crippen molar-refractivity contribution in [3.63, 3.8) is 0 Å². The van der Waals surface area contributed by atoms with Gasteiger partial charge in [0.2, 0.25) is 0 Å². The standard InChI is InChI=1S/C18H27N5O2S/c1-14-19-12-18(22(14)4)17-8-7-15(11-20-17)10-16-6-5-9-23(13-16)26(24,25)21(2)3/h7-8,11-12,16H,5-6,9-10,13H2,1-4H3/t16-/m1/s1. The van der Waals surface area contributed by atoms with Crippen LogP contribution in [0.2, 0.25) is 0 Å². The van der Waals surface area contributed by atoms with Crippen LogP contribution in [0.5, 0.6) is 0 Å². The maximum atomic E-state index is 12.4. The zero-order valence-electron chi connectivity index (χ0n) is 15.9. The van der Waals surface area contributed by atoms with Gasteiger partial charge in [0.15, 0.2) is 0 Å². The number of aromatic nitrogens is 3. The zero-order chi connectivity index (χ0) is 18.9. The number of hydrogen-bond acceptors (Lipinski definition) is 4. The summed E-state index contributed by atoms with van der Waals surface area (Å²) >= 11 is 0. The normalized spacial score (nSPS) is 19.2. The molecule has 0 saturated carbocycles. The molecule has 0 aromatic carbocycles. The Bertz CT molecular complexity index is 858. The predicted molar refractivity (Wildman–Crippen MR) is 102 cm³/mol. The van der Waals surface area contributed by atoms with Crippen molar-refractivity contribution in [3.8, 4) is 11.4 Å². The Kier molecular flexibility index (Phi) is 5.45. The second-order valence-electron chi connectivity index (χ2n) is 7.16. The first-order valence-electron chi connectivity index (χ1n) is 8.90. The van der Waals surface area contributed by atoms with Crippen LogP contribution in [0.15, 0.2) is 24.5 Å². The summed E-state index contributed by atoms with van der Waals surface area (Å²) in [6.07, 6.45) is 6.52. The van der Waals surface area contributed by atoms with E-state index in [4.69, 9.17) is 0 Å². The summed E-state index contributed by atoms with van der Waals surface area (Å²) in [7, 11) is 1.82. The molecule has 7 nitrogen and oxygen atoms in total. The van der Waals surface area contributed by atoms with Gasteiger partial charge in [-0.25, -0.2) is 4.98 Å². The first-order chi connectivity index (χ1) is 12.3. The summed E-state index contributed by atoms with van der Waals surface area (Å²) < 4.78 is 29.6. The molecular formula is C18H27N5O2S. The molecule has 2 aromatic rings. The van der Waals surface area contributed by atoms with Crippen LogP contribution in [0.25, 0.3) is 11.4 Å². The molecule has 0 unspecified atom stereocenters. The van der Waals surface area contributed by atoms with Crippen molar-refractivity contribution >= 4 is 10.2 Å². The molecule has 142 valence electrons. The van der Waals surface area contributed by atoms with Crippen LogP contribution in [0.4, 0.5) is 0 Å². The minimum Gasteiger partial charge on any atom is -0.330 e. The molecule has 0 bridgehead atoms. The van der Waals surface area contributed by atoms with E-state index in [9.17, 15) is 8.42 Å². The van der Waals surface area contributed by atoms with E-state index in [1.807, 2.05) is 37.0 Å². The van der Waals surface area contributed by atoms with Crippen molar-refractivity contribution in [2.75, 3.05) is 27.2 Å². The Morgan fingerprint density at radius 1 is 1.23 bits per heavy atom. The van der Waals surface area contributed by atoms with Gasteiger partial charge in [0.05, 0.1) is 17.6 Å². The maximum Gasteiger partial charge on any atom is 0.281 e. The van der Waals surface area contributed by atoms with E-state index in [0.29, 0.717) is 19.0 Å². The fraction of sp³-hybridized carbons (Fsp3) is 0.556.